The van der Waals surface area contributed by atoms with Gasteiger partial charge in [0.1, 0.15) is 0 Å². The molecule has 1 aromatic rings. The molecule has 1 aromatic carbocycles. The molecule has 2 fully saturated rings. The number of nitrogens with zero attached hydrogens (tertiary/aromatic N) is 1. The van der Waals surface area contributed by atoms with Crippen molar-refractivity contribution >= 4 is 6.21 Å². The van der Waals surface area contributed by atoms with Crippen LogP contribution in [0.25, 0.3) is 0 Å². The minimum atomic E-state index is -0.000486. The van der Waals surface area contributed by atoms with Gasteiger partial charge in [-0.2, -0.15) is 0 Å². The van der Waals surface area contributed by atoms with E-state index in [1.165, 1.54) is 31.2 Å². The van der Waals surface area contributed by atoms with Gasteiger partial charge in [-0.05, 0) is 18.4 Å². The lowest BCUT2D eigenvalue weighted by Gasteiger charge is -2.57. The Morgan fingerprint density at radius 3 is 2.44 bits per heavy atom. The molecule has 0 bridgehead atoms. The Labute approximate surface area is 109 Å². The average Bonchev–Trinajstić information content (AvgIpc) is 2.39. The summed E-state index contributed by atoms with van der Waals surface area (Å²) in [6.45, 7) is 0.909. The molecule has 18 heavy (non-hydrogen) atoms. The second-order valence-electron chi connectivity index (χ2n) is 5.52. The van der Waals surface area contributed by atoms with Gasteiger partial charge < -0.3 is 4.74 Å². The van der Waals surface area contributed by atoms with E-state index in [4.69, 9.17) is 4.74 Å². The second kappa shape index (κ2) is 4.51. The highest BCUT2D eigenvalue weighted by Crippen LogP contribution is 2.53. The Kier molecular flexibility index (Phi) is 2.98. The standard InChI is InChI=1S/C16H21NO/c1-17-13-15(14-7-3-2-4-8-14)9-5-6-10-16(15)11-12-18-16/h2-4,7-8,13H,5-6,9-12H2,1H3/b17-13-/t15-,16?/m0/s1. The summed E-state index contributed by atoms with van der Waals surface area (Å²) in [5.74, 6) is 0. The van der Waals surface area contributed by atoms with Crippen LogP contribution in [0.1, 0.15) is 37.7 Å². The van der Waals surface area contributed by atoms with Gasteiger partial charge in [-0.15, -0.1) is 0 Å². The molecule has 1 saturated carbocycles. The first-order valence-corrected chi connectivity index (χ1v) is 6.96. The van der Waals surface area contributed by atoms with Gasteiger partial charge in [0.2, 0.25) is 0 Å². The van der Waals surface area contributed by atoms with Crippen LogP contribution >= 0.6 is 0 Å². The van der Waals surface area contributed by atoms with Crippen LogP contribution < -0.4 is 0 Å². The van der Waals surface area contributed by atoms with E-state index in [1.54, 1.807) is 0 Å². The summed E-state index contributed by atoms with van der Waals surface area (Å²) >= 11 is 0. The van der Waals surface area contributed by atoms with Crippen LogP contribution in [0.5, 0.6) is 0 Å². The molecule has 1 unspecified atom stereocenters. The Hall–Kier alpha value is -1.15. The number of aliphatic imine (C=N–C) groups is 1. The van der Waals surface area contributed by atoms with Crippen LogP contribution in [0.3, 0.4) is 0 Å². The summed E-state index contributed by atoms with van der Waals surface area (Å²) < 4.78 is 6.09. The average molecular weight is 243 g/mol. The summed E-state index contributed by atoms with van der Waals surface area (Å²) in [5, 5.41) is 0. The molecule has 1 aliphatic carbocycles. The Morgan fingerprint density at radius 2 is 1.83 bits per heavy atom. The highest BCUT2D eigenvalue weighted by molar-refractivity contribution is 5.76. The zero-order valence-corrected chi connectivity index (χ0v) is 11.1. The minimum Gasteiger partial charge on any atom is -0.373 e. The van der Waals surface area contributed by atoms with E-state index in [2.05, 4.69) is 41.5 Å². The van der Waals surface area contributed by atoms with Gasteiger partial charge in [0, 0.05) is 19.7 Å². The number of hydrogen-bond acceptors (Lipinski definition) is 2. The van der Waals surface area contributed by atoms with E-state index in [0.717, 1.165) is 13.0 Å². The molecule has 0 N–H and O–H groups in total. The second-order valence-corrected chi connectivity index (χ2v) is 5.52. The van der Waals surface area contributed by atoms with Gasteiger partial charge in [-0.3, -0.25) is 4.99 Å². The van der Waals surface area contributed by atoms with Crippen molar-refractivity contribution in [3.05, 3.63) is 35.9 Å². The summed E-state index contributed by atoms with van der Waals surface area (Å²) in [6.07, 6.45) is 8.22. The van der Waals surface area contributed by atoms with Crippen molar-refractivity contribution in [3.63, 3.8) is 0 Å². The van der Waals surface area contributed by atoms with Crippen molar-refractivity contribution in [3.8, 4) is 0 Å². The number of rotatable bonds is 2. The lowest BCUT2D eigenvalue weighted by molar-refractivity contribution is -0.191. The van der Waals surface area contributed by atoms with Crippen LogP contribution in [-0.2, 0) is 10.2 Å². The number of hydrogen-bond donors (Lipinski definition) is 0. The third-order valence-electron chi connectivity index (χ3n) is 4.74. The van der Waals surface area contributed by atoms with Crippen molar-refractivity contribution in [1.29, 1.82) is 0 Å². The molecule has 0 amide bonds. The van der Waals surface area contributed by atoms with Crippen molar-refractivity contribution in [1.82, 2.24) is 0 Å². The molecular weight excluding hydrogens is 222 g/mol. The highest BCUT2D eigenvalue weighted by atomic mass is 16.5. The fraction of sp³-hybridized carbons (Fsp3) is 0.562. The first-order valence-electron chi connectivity index (χ1n) is 6.96. The lowest BCUT2D eigenvalue weighted by Crippen LogP contribution is -2.62. The third kappa shape index (κ3) is 1.55. The lowest BCUT2D eigenvalue weighted by atomic mass is 9.57. The maximum absolute atomic E-state index is 6.09. The summed E-state index contributed by atoms with van der Waals surface area (Å²) in [5.41, 5.74) is 1.39. The van der Waals surface area contributed by atoms with Crippen molar-refractivity contribution < 1.29 is 4.74 Å². The van der Waals surface area contributed by atoms with E-state index in [0.29, 0.717) is 0 Å². The summed E-state index contributed by atoms with van der Waals surface area (Å²) in [4.78, 5) is 4.38. The number of benzene rings is 1. The summed E-state index contributed by atoms with van der Waals surface area (Å²) in [6, 6.07) is 10.8. The molecule has 2 nitrogen and oxygen atoms in total. The minimum absolute atomic E-state index is 0.000486. The Balaban J connectivity index is 2.10. The Bertz CT molecular complexity index is 436. The van der Waals surface area contributed by atoms with E-state index in [-0.39, 0.29) is 11.0 Å². The molecule has 1 heterocycles. The van der Waals surface area contributed by atoms with Gasteiger partial charge >= 0.3 is 0 Å². The van der Waals surface area contributed by atoms with Gasteiger partial charge in [-0.25, -0.2) is 0 Å². The van der Waals surface area contributed by atoms with Gasteiger partial charge in [0.05, 0.1) is 17.6 Å². The maximum Gasteiger partial charge on any atom is 0.0850 e. The number of ether oxygens (including phenoxy) is 1. The molecule has 2 heteroatoms. The van der Waals surface area contributed by atoms with E-state index in [9.17, 15) is 0 Å². The topological polar surface area (TPSA) is 21.6 Å². The molecule has 0 radical (unpaired) electrons. The van der Waals surface area contributed by atoms with Crippen molar-refractivity contribution in [2.45, 2.75) is 43.1 Å². The van der Waals surface area contributed by atoms with Crippen molar-refractivity contribution in [2.75, 3.05) is 13.7 Å². The molecular formula is C16H21NO. The van der Waals surface area contributed by atoms with E-state index in [1.807, 2.05) is 7.05 Å². The van der Waals surface area contributed by atoms with Gasteiger partial charge in [0.25, 0.3) is 0 Å². The van der Waals surface area contributed by atoms with E-state index < -0.39 is 0 Å². The summed E-state index contributed by atoms with van der Waals surface area (Å²) in [7, 11) is 1.88. The first kappa shape index (κ1) is 11.9. The third-order valence-corrected chi connectivity index (χ3v) is 4.74. The van der Waals surface area contributed by atoms with E-state index >= 15 is 0 Å². The molecule has 2 atom stereocenters. The smallest absolute Gasteiger partial charge is 0.0850 e. The molecule has 2 aliphatic rings. The van der Waals surface area contributed by atoms with Crippen LogP contribution in [0, 0.1) is 0 Å². The fourth-order valence-corrected chi connectivity index (χ4v) is 3.78. The predicted octanol–water partition coefficient (Wildman–Crippen LogP) is 3.36. The maximum atomic E-state index is 6.09. The molecule has 0 aromatic heterocycles. The quantitative estimate of drug-likeness (QED) is 0.730. The monoisotopic (exact) mass is 243 g/mol. The molecule has 1 aliphatic heterocycles. The highest BCUT2D eigenvalue weighted by Gasteiger charge is 2.57. The van der Waals surface area contributed by atoms with Crippen LogP contribution in [0.4, 0.5) is 0 Å². The van der Waals surface area contributed by atoms with Gasteiger partial charge in [-0.1, -0.05) is 43.2 Å². The van der Waals surface area contributed by atoms with Gasteiger partial charge in [0.15, 0.2) is 0 Å². The molecule has 3 rings (SSSR count). The fourth-order valence-electron chi connectivity index (χ4n) is 3.78. The predicted molar refractivity (Wildman–Crippen MR) is 74.3 cm³/mol. The molecule has 96 valence electrons. The zero-order chi connectivity index (χ0) is 12.5. The largest absolute Gasteiger partial charge is 0.373 e. The van der Waals surface area contributed by atoms with Crippen LogP contribution in [0.2, 0.25) is 0 Å². The first-order chi connectivity index (χ1) is 8.83. The molecule has 1 spiro atoms. The van der Waals surface area contributed by atoms with Crippen molar-refractivity contribution in [2.24, 2.45) is 4.99 Å². The molecule has 1 saturated heterocycles. The zero-order valence-electron chi connectivity index (χ0n) is 11.1. The normalized spacial score (nSPS) is 35.8. The Morgan fingerprint density at radius 1 is 1.11 bits per heavy atom. The van der Waals surface area contributed by atoms with Crippen LogP contribution in [-0.4, -0.2) is 25.5 Å². The van der Waals surface area contributed by atoms with Crippen LogP contribution in [0.15, 0.2) is 35.3 Å². The SMILES string of the molecule is C/N=C\[C@]1(c2ccccc2)CCCCC12CCO2.